The summed E-state index contributed by atoms with van der Waals surface area (Å²) in [5.74, 6) is -3.43. The standard InChI is InChI=1S/C20H17F3N4O2S2/c1-9-14(20(21,22)23)13-15(24)17(18(28)25-10-4-6-11(27-29)7-5-10)31-19(13)26-16(9)12-3-2-8-30-12/h2-9,14,27,29H,24H2,1H3,(H,25,28). The van der Waals surface area contributed by atoms with Crippen LogP contribution in [-0.4, -0.2) is 23.0 Å². The van der Waals surface area contributed by atoms with Crippen LogP contribution in [0.1, 0.15) is 33.0 Å². The maximum atomic E-state index is 14.1. The van der Waals surface area contributed by atoms with Crippen LogP contribution in [-0.2, 0) is 0 Å². The zero-order chi connectivity index (χ0) is 22.3. The zero-order valence-electron chi connectivity index (χ0n) is 16.0. The van der Waals surface area contributed by atoms with Crippen LogP contribution >= 0.6 is 22.7 Å². The average Bonchev–Trinajstić information content (AvgIpc) is 3.36. The van der Waals surface area contributed by atoms with E-state index < -0.39 is 23.9 Å². The van der Waals surface area contributed by atoms with E-state index in [1.165, 1.54) is 42.5 Å². The van der Waals surface area contributed by atoms with E-state index in [1.807, 2.05) is 5.48 Å². The van der Waals surface area contributed by atoms with Gasteiger partial charge in [0.05, 0.1) is 23.0 Å². The molecule has 1 amide bonds. The Bertz CT molecular complexity index is 1140. The second-order valence-corrected chi connectivity index (χ2v) is 8.94. The first-order valence-corrected chi connectivity index (χ1v) is 10.8. The van der Waals surface area contributed by atoms with Crippen molar-refractivity contribution in [2.75, 3.05) is 16.5 Å². The van der Waals surface area contributed by atoms with Crippen LogP contribution in [0.25, 0.3) is 0 Å². The van der Waals surface area contributed by atoms with Crippen molar-refractivity contribution < 1.29 is 23.2 Å². The first-order valence-electron chi connectivity index (χ1n) is 9.13. The number of halogens is 3. The molecule has 3 heterocycles. The van der Waals surface area contributed by atoms with Gasteiger partial charge in [-0.3, -0.25) is 15.5 Å². The van der Waals surface area contributed by atoms with Gasteiger partial charge in [0.2, 0.25) is 0 Å². The Labute approximate surface area is 183 Å². The minimum Gasteiger partial charge on any atom is -0.397 e. The number of nitrogens with zero attached hydrogens (tertiary/aromatic N) is 1. The van der Waals surface area contributed by atoms with Crippen molar-refractivity contribution in [1.82, 2.24) is 0 Å². The quantitative estimate of drug-likeness (QED) is 0.362. The fraction of sp³-hybridized carbons (Fsp3) is 0.200. The smallest absolute Gasteiger partial charge is 0.396 e. The van der Waals surface area contributed by atoms with Crippen molar-refractivity contribution >= 4 is 56.4 Å². The number of amides is 1. The number of nitrogens with one attached hydrogen (secondary N) is 2. The van der Waals surface area contributed by atoms with Gasteiger partial charge in [-0.2, -0.15) is 13.2 Å². The molecule has 1 aliphatic rings. The summed E-state index contributed by atoms with van der Waals surface area (Å²) in [5.41, 5.74) is 8.86. The highest BCUT2D eigenvalue weighted by atomic mass is 32.1. The molecule has 2 atom stereocenters. The molecule has 5 N–H and O–H groups in total. The number of anilines is 3. The van der Waals surface area contributed by atoms with E-state index in [0.717, 1.165) is 11.3 Å². The largest absolute Gasteiger partial charge is 0.397 e. The van der Waals surface area contributed by atoms with Crippen LogP contribution in [0, 0.1) is 5.92 Å². The minimum atomic E-state index is -4.55. The van der Waals surface area contributed by atoms with Gasteiger partial charge in [-0.25, -0.2) is 4.99 Å². The fourth-order valence-corrected chi connectivity index (χ4v) is 5.44. The number of carbonyl (C=O) groups is 1. The average molecular weight is 467 g/mol. The van der Waals surface area contributed by atoms with Crippen LogP contribution < -0.4 is 16.5 Å². The van der Waals surface area contributed by atoms with Crippen LogP contribution in [0.4, 0.5) is 35.2 Å². The van der Waals surface area contributed by atoms with Gasteiger partial charge in [0, 0.05) is 22.0 Å². The summed E-state index contributed by atoms with van der Waals surface area (Å²) >= 11 is 2.16. The second-order valence-electron chi connectivity index (χ2n) is 6.99. The summed E-state index contributed by atoms with van der Waals surface area (Å²) in [6.45, 7) is 1.48. The van der Waals surface area contributed by atoms with Crippen LogP contribution in [0.15, 0.2) is 46.8 Å². The van der Waals surface area contributed by atoms with E-state index in [0.29, 0.717) is 22.0 Å². The van der Waals surface area contributed by atoms with Gasteiger partial charge in [-0.15, -0.1) is 22.7 Å². The molecule has 2 unspecified atom stereocenters. The number of thiophene rings is 2. The number of rotatable bonds is 4. The summed E-state index contributed by atoms with van der Waals surface area (Å²) < 4.78 is 42.2. The summed E-state index contributed by atoms with van der Waals surface area (Å²) in [7, 11) is 0. The molecule has 0 fully saturated rings. The molecule has 2 aromatic heterocycles. The molecule has 0 aliphatic carbocycles. The predicted molar refractivity (Wildman–Crippen MR) is 117 cm³/mol. The van der Waals surface area contributed by atoms with Crippen LogP contribution in [0.3, 0.4) is 0 Å². The third-order valence-corrected chi connectivity index (χ3v) is 7.04. The van der Waals surface area contributed by atoms with Crippen molar-refractivity contribution in [1.29, 1.82) is 0 Å². The molecule has 3 aromatic rings. The Kier molecular flexibility index (Phi) is 5.50. The summed E-state index contributed by atoms with van der Waals surface area (Å²) in [6.07, 6.45) is -4.55. The van der Waals surface area contributed by atoms with Crippen molar-refractivity contribution in [2.45, 2.75) is 19.0 Å². The van der Waals surface area contributed by atoms with Crippen molar-refractivity contribution in [3.8, 4) is 0 Å². The Morgan fingerprint density at radius 3 is 2.45 bits per heavy atom. The number of nitrogens with two attached hydrogens (primary N) is 1. The highest BCUT2D eigenvalue weighted by Crippen LogP contribution is 2.54. The fourth-order valence-electron chi connectivity index (χ4n) is 3.58. The molecule has 0 saturated heterocycles. The molecule has 0 saturated carbocycles. The molecule has 31 heavy (non-hydrogen) atoms. The lowest BCUT2D eigenvalue weighted by Gasteiger charge is -2.31. The highest BCUT2D eigenvalue weighted by molar-refractivity contribution is 7.19. The Balaban J connectivity index is 1.75. The molecule has 1 aromatic carbocycles. The van der Waals surface area contributed by atoms with E-state index in [2.05, 4.69) is 10.3 Å². The third-order valence-electron chi connectivity index (χ3n) is 5.03. The Morgan fingerprint density at radius 2 is 1.87 bits per heavy atom. The molecule has 0 spiro atoms. The van der Waals surface area contributed by atoms with E-state index in [1.54, 1.807) is 17.5 Å². The number of nitrogen functional groups attached to an aromatic ring is 1. The lowest BCUT2D eigenvalue weighted by Crippen LogP contribution is -2.33. The Hall–Kier alpha value is -2.89. The maximum Gasteiger partial charge on any atom is 0.396 e. The molecule has 0 bridgehead atoms. The summed E-state index contributed by atoms with van der Waals surface area (Å²) in [5, 5.41) is 13.4. The molecular formula is C20H17F3N4O2S2. The molecule has 4 rings (SSSR count). The van der Waals surface area contributed by atoms with Gasteiger partial charge < -0.3 is 11.1 Å². The van der Waals surface area contributed by atoms with E-state index in [4.69, 9.17) is 10.9 Å². The van der Waals surface area contributed by atoms with Crippen molar-refractivity contribution in [3.05, 3.63) is 57.1 Å². The predicted octanol–water partition coefficient (Wildman–Crippen LogP) is 5.86. The van der Waals surface area contributed by atoms with Crippen molar-refractivity contribution in [3.63, 3.8) is 0 Å². The first-order chi connectivity index (χ1) is 14.7. The molecule has 162 valence electrons. The van der Waals surface area contributed by atoms with E-state index in [9.17, 15) is 18.0 Å². The highest BCUT2D eigenvalue weighted by Gasteiger charge is 2.51. The van der Waals surface area contributed by atoms with Gasteiger partial charge in [-0.05, 0) is 35.7 Å². The van der Waals surface area contributed by atoms with Gasteiger partial charge in [-0.1, -0.05) is 13.0 Å². The lowest BCUT2D eigenvalue weighted by molar-refractivity contribution is -0.156. The van der Waals surface area contributed by atoms with E-state index >= 15 is 0 Å². The normalized spacial score (nSPS) is 18.3. The zero-order valence-corrected chi connectivity index (χ0v) is 17.7. The molecule has 0 radical (unpaired) electrons. The molecule has 6 nitrogen and oxygen atoms in total. The molecular weight excluding hydrogens is 449 g/mol. The number of hydrogen-bond acceptors (Lipinski definition) is 7. The number of aliphatic imine (C=N–C) groups is 1. The summed E-state index contributed by atoms with van der Waals surface area (Å²) in [4.78, 5) is 17.9. The van der Waals surface area contributed by atoms with E-state index in [-0.39, 0.29) is 21.1 Å². The molecule has 1 aliphatic heterocycles. The van der Waals surface area contributed by atoms with Crippen LogP contribution in [0.5, 0.6) is 0 Å². The SMILES string of the molecule is CC1C(c2cccs2)=Nc2sc(C(=O)Nc3ccc(NO)cc3)c(N)c2C1C(F)(F)F. The maximum absolute atomic E-state index is 14.1. The van der Waals surface area contributed by atoms with Gasteiger partial charge in [0.1, 0.15) is 9.88 Å². The van der Waals surface area contributed by atoms with Crippen LogP contribution in [0.2, 0.25) is 0 Å². The topological polar surface area (TPSA) is 99.7 Å². The third kappa shape index (κ3) is 3.91. The van der Waals surface area contributed by atoms with Gasteiger partial charge >= 0.3 is 6.18 Å². The number of hydrogen-bond donors (Lipinski definition) is 4. The number of fused-ring (bicyclic) bond motifs is 1. The lowest BCUT2D eigenvalue weighted by atomic mass is 9.81. The number of carbonyl (C=O) groups excluding carboxylic acids is 1. The molecule has 11 heteroatoms. The number of alkyl halides is 3. The second kappa shape index (κ2) is 7.98. The summed E-state index contributed by atoms with van der Waals surface area (Å²) in [6, 6.07) is 9.61. The first kappa shape index (κ1) is 21.3. The monoisotopic (exact) mass is 466 g/mol. The number of benzene rings is 1. The minimum absolute atomic E-state index is 0.0213. The van der Waals surface area contributed by atoms with Gasteiger partial charge in [0.25, 0.3) is 5.91 Å². The van der Waals surface area contributed by atoms with Gasteiger partial charge in [0.15, 0.2) is 0 Å². The van der Waals surface area contributed by atoms with Crippen molar-refractivity contribution in [2.24, 2.45) is 10.9 Å². The Morgan fingerprint density at radius 1 is 1.19 bits per heavy atom.